The Balaban J connectivity index is 0.999. The van der Waals surface area contributed by atoms with E-state index in [2.05, 4.69) is 19.1 Å². The predicted octanol–water partition coefficient (Wildman–Crippen LogP) is 11.1. The smallest absolute Gasteiger partial charge is 0.200 e. The third-order valence-corrected chi connectivity index (χ3v) is 12.0. The molecule has 4 unspecified atom stereocenters. The minimum absolute atomic E-state index is 0.0324. The van der Waals surface area contributed by atoms with Gasteiger partial charge in [0.15, 0.2) is 11.6 Å². The molecule has 0 saturated heterocycles. The molecule has 0 amide bonds. The molecule has 5 rings (SSSR count). The second kappa shape index (κ2) is 14.7. The van der Waals surface area contributed by atoms with Crippen LogP contribution in [-0.4, -0.2) is 6.61 Å². The maximum Gasteiger partial charge on any atom is 0.200 e. The van der Waals surface area contributed by atoms with E-state index in [1.54, 1.807) is 25.5 Å². The number of aryl methyl sites for hydroxylation is 1. The van der Waals surface area contributed by atoms with Gasteiger partial charge in [-0.15, -0.1) is 0 Å². The van der Waals surface area contributed by atoms with Crippen LogP contribution in [-0.2, 0) is 6.42 Å². The lowest BCUT2D eigenvalue weighted by molar-refractivity contribution is 0.0502. The first kappa shape index (κ1) is 30.1. The van der Waals surface area contributed by atoms with E-state index in [1.807, 2.05) is 0 Å². The standard InChI is InChI=1S/C37H56F2O/c1-3-5-6-7-27-11-15-34-25-33(21-20-32(34)24-27)30-18-16-29(17-19-30)28-12-8-26(9-13-28)10-14-31-22-23-35(40-4-2)37(39)36(31)38/h3,5,22-23,26-30,32-34H,4,6-21,24-25H2,1-2H3/b5-3+. The lowest BCUT2D eigenvalue weighted by atomic mass is 9.60. The second-order valence-corrected chi connectivity index (χ2v) is 14.2. The Morgan fingerprint density at radius 3 is 1.90 bits per heavy atom. The highest BCUT2D eigenvalue weighted by Gasteiger charge is 2.39. The van der Waals surface area contributed by atoms with Gasteiger partial charge < -0.3 is 4.74 Å². The van der Waals surface area contributed by atoms with Crippen molar-refractivity contribution in [3.63, 3.8) is 0 Å². The van der Waals surface area contributed by atoms with Gasteiger partial charge in [0.1, 0.15) is 0 Å². The van der Waals surface area contributed by atoms with Crippen LogP contribution in [0.4, 0.5) is 8.78 Å². The molecular weight excluding hydrogens is 498 g/mol. The summed E-state index contributed by atoms with van der Waals surface area (Å²) in [6.45, 7) is 4.29. The van der Waals surface area contributed by atoms with E-state index in [9.17, 15) is 8.78 Å². The number of hydrogen-bond donors (Lipinski definition) is 0. The van der Waals surface area contributed by atoms with Crippen molar-refractivity contribution >= 4 is 0 Å². The van der Waals surface area contributed by atoms with Crippen LogP contribution in [0.15, 0.2) is 24.3 Å². The first-order valence-electron chi connectivity index (χ1n) is 17.3. The van der Waals surface area contributed by atoms with Crippen LogP contribution >= 0.6 is 0 Å². The van der Waals surface area contributed by atoms with Gasteiger partial charge in [-0.25, -0.2) is 4.39 Å². The molecule has 4 aliphatic rings. The Kier molecular flexibility index (Phi) is 11.0. The third kappa shape index (κ3) is 7.52. The molecule has 1 aromatic rings. The molecule has 0 aliphatic heterocycles. The number of hydrogen-bond acceptors (Lipinski definition) is 1. The van der Waals surface area contributed by atoms with Crippen molar-refractivity contribution in [1.29, 1.82) is 0 Å². The Morgan fingerprint density at radius 2 is 1.23 bits per heavy atom. The van der Waals surface area contributed by atoms with E-state index in [-0.39, 0.29) is 5.75 Å². The van der Waals surface area contributed by atoms with E-state index in [1.165, 1.54) is 96.3 Å². The van der Waals surface area contributed by atoms with Crippen molar-refractivity contribution in [3.8, 4) is 5.75 Å². The zero-order valence-electron chi connectivity index (χ0n) is 25.5. The minimum atomic E-state index is -0.824. The molecule has 0 aromatic heterocycles. The normalized spacial score (nSPS) is 35.0. The van der Waals surface area contributed by atoms with Gasteiger partial charge in [-0.3, -0.25) is 0 Å². The van der Waals surface area contributed by atoms with E-state index in [0.717, 1.165) is 47.8 Å². The summed E-state index contributed by atoms with van der Waals surface area (Å²) >= 11 is 0. The van der Waals surface area contributed by atoms with Crippen molar-refractivity contribution < 1.29 is 13.5 Å². The summed E-state index contributed by atoms with van der Waals surface area (Å²) in [6, 6.07) is 3.31. The first-order chi connectivity index (χ1) is 19.6. The van der Waals surface area contributed by atoms with Crippen LogP contribution in [0.1, 0.15) is 129 Å². The largest absolute Gasteiger partial charge is 0.491 e. The summed E-state index contributed by atoms with van der Waals surface area (Å²) in [5.74, 6) is 6.11. The fourth-order valence-electron chi connectivity index (χ4n) is 9.64. The van der Waals surface area contributed by atoms with Crippen molar-refractivity contribution in [3.05, 3.63) is 41.5 Å². The fourth-order valence-corrected chi connectivity index (χ4v) is 9.64. The zero-order chi connectivity index (χ0) is 27.9. The molecule has 4 fully saturated rings. The Bertz CT molecular complexity index is 940. The molecule has 0 N–H and O–H groups in total. The molecule has 1 nitrogen and oxygen atoms in total. The maximum absolute atomic E-state index is 14.5. The molecule has 4 atom stereocenters. The van der Waals surface area contributed by atoms with E-state index < -0.39 is 11.6 Å². The molecule has 0 radical (unpaired) electrons. The molecule has 0 spiro atoms. The van der Waals surface area contributed by atoms with Gasteiger partial charge >= 0.3 is 0 Å². The number of fused-ring (bicyclic) bond motifs is 1. The molecule has 0 bridgehead atoms. The highest BCUT2D eigenvalue weighted by molar-refractivity contribution is 5.31. The average Bonchev–Trinajstić information content (AvgIpc) is 2.99. The van der Waals surface area contributed by atoms with Crippen LogP contribution in [0.25, 0.3) is 0 Å². The van der Waals surface area contributed by atoms with Gasteiger partial charge in [-0.1, -0.05) is 37.5 Å². The molecule has 0 heterocycles. The molecular formula is C37H56F2O. The number of allylic oxidation sites excluding steroid dienone is 2. The lowest BCUT2D eigenvalue weighted by Gasteiger charge is -2.46. The number of benzene rings is 1. The van der Waals surface area contributed by atoms with Gasteiger partial charge in [0.2, 0.25) is 5.82 Å². The fraction of sp³-hybridized carbons (Fsp3) is 0.784. The third-order valence-electron chi connectivity index (χ3n) is 12.0. The molecule has 4 aliphatic carbocycles. The van der Waals surface area contributed by atoms with Crippen molar-refractivity contribution in [1.82, 2.24) is 0 Å². The first-order valence-corrected chi connectivity index (χ1v) is 17.3. The molecule has 1 aromatic carbocycles. The molecule has 224 valence electrons. The molecule has 3 heteroatoms. The summed E-state index contributed by atoms with van der Waals surface area (Å²) in [4.78, 5) is 0. The lowest BCUT2D eigenvalue weighted by Crippen LogP contribution is -2.35. The zero-order valence-corrected chi connectivity index (χ0v) is 25.5. The van der Waals surface area contributed by atoms with Gasteiger partial charge in [-0.2, -0.15) is 4.39 Å². The second-order valence-electron chi connectivity index (χ2n) is 14.2. The Hall–Kier alpha value is -1.38. The quantitative estimate of drug-likeness (QED) is 0.261. The van der Waals surface area contributed by atoms with Gasteiger partial charge in [0.05, 0.1) is 6.61 Å². The van der Waals surface area contributed by atoms with Crippen molar-refractivity contribution in [2.24, 2.45) is 47.3 Å². The van der Waals surface area contributed by atoms with E-state index in [4.69, 9.17) is 4.74 Å². The average molecular weight is 555 g/mol. The van der Waals surface area contributed by atoms with Crippen molar-refractivity contribution in [2.75, 3.05) is 6.61 Å². The van der Waals surface area contributed by atoms with Gasteiger partial charge in [-0.05, 0) is 169 Å². The summed E-state index contributed by atoms with van der Waals surface area (Å²) in [5, 5.41) is 0. The van der Waals surface area contributed by atoms with Crippen LogP contribution < -0.4 is 4.74 Å². The van der Waals surface area contributed by atoms with E-state index >= 15 is 0 Å². The van der Waals surface area contributed by atoms with Crippen LogP contribution in [0, 0.1) is 59.0 Å². The topological polar surface area (TPSA) is 9.23 Å². The van der Waals surface area contributed by atoms with Gasteiger partial charge in [0, 0.05) is 0 Å². The Labute approximate surface area is 243 Å². The van der Waals surface area contributed by atoms with Crippen LogP contribution in [0.3, 0.4) is 0 Å². The SMILES string of the molecule is C/C=C/CCC1CCC2CC(C3CCC(C4CCC(CCc5ccc(OCC)c(F)c5F)CC4)CC3)CCC2C1. The number of ether oxygens (including phenoxy) is 1. The molecule has 4 saturated carbocycles. The highest BCUT2D eigenvalue weighted by atomic mass is 19.2. The monoisotopic (exact) mass is 554 g/mol. The maximum atomic E-state index is 14.5. The summed E-state index contributed by atoms with van der Waals surface area (Å²) < 4.78 is 34.0. The highest BCUT2D eigenvalue weighted by Crippen LogP contribution is 2.51. The summed E-state index contributed by atoms with van der Waals surface area (Å²) in [5.41, 5.74) is 0.507. The van der Waals surface area contributed by atoms with Gasteiger partial charge in [0.25, 0.3) is 0 Å². The molecule has 40 heavy (non-hydrogen) atoms. The van der Waals surface area contributed by atoms with Crippen LogP contribution in [0.2, 0.25) is 0 Å². The minimum Gasteiger partial charge on any atom is -0.491 e. The summed E-state index contributed by atoms with van der Waals surface area (Å²) in [7, 11) is 0. The van der Waals surface area contributed by atoms with E-state index in [0.29, 0.717) is 24.5 Å². The van der Waals surface area contributed by atoms with Crippen LogP contribution in [0.5, 0.6) is 5.75 Å². The Morgan fingerprint density at radius 1 is 0.675 bits per heavy atom. The number of rotatable bonds is 10. The van der Waals surface area contributed by atoms with Crippen molar-refractivity contribution in [2.45, 2.75) is 129 Å². The summed E-state index contributed by atoms with van der Waals surface area (Å²) in [6.07, 6.45) is 29.2. The number of halogens is 2. The predicted molar refractivity (Wildman–Crippen MR) is 162 cm³/mol.